The van der Waals surface area contributed by atoms with Gasteiger partial charge in [-0.15, -0.1) is 0 Å². The molecule has 4 heteroatoms. The van der Waals surface area contributed by atoms with E-state index in [0.717, 1.165) is 17.8 Å². The number of carbonyl (C=O) groups is 1. The number of carboxylic acids is 1. The Hall–Kier alpha value is -1.16. The molecule has 0 atom stereocenters. The monoisotopic (exact) mass is 251 g/mol. The second-order valence-electron chi connectivity index (χ2n) is 4.59. The Morgan fingerprint density at radius 1 is 1.53 bits per heavy atom. The number of hydrogen-bond acceptors (Lipinski definition) is 3. The molecule has 3 nitrogen and oxygen atoms in total. The molecule has 0 aromatic heterocycles. The van der Waals surface area contributed by atoms with Gasteiger partial charge < -0.3 is 10.4 Å². The number of carboxylic acid groups (broad SMARTS) is 1. The molecule has 1 aromatic carbocycles. The Labute approximate surface area is 106 Å². The Kier molecular flexibility index (Phi) is 3.33. The van der Waals surface area contributed by atoms with Crippen molar-refractivity contribution in [1.82, 2.24) is 0 Å². The van der Waals surface area contributed by atoms with Crippen LogP contribution >= 0.6 is 11.8 Å². The van der Waals surface area contributed by atoms with Gasteiger partial charge in [0.15, 0.2) is 0 Å². The minimum atomic E-state index is -0.874. The van der Waals surface area contributed by atoms with Crippen LogP contribution in [-0.2, 0) is 0 Å². The third-order valence-corrected chi connectivity index (χ3v) is 4.67. The van der Waals surface area contributed by atoms with Crippen molar-refractivity contribution in [3.8, 4) is 0 Å². The molecule has 1 aliphatic carbocycles. The third kappa shape index (κ3) is 2.75. The van der Waals surface area contributed by atoms with Crippen LogP contribution in [0.4, 0.5) is 5.69 Å². The van der Waals surface area contributed by atoms with Gasteiger partial charge >= 0.3 is 5.97 Å². The third-order valence-electron chi connectivity index (χ3n) is 3.25. The fraction of sp³-hybridized carbons (Fsp3) is 0.462. The first kappa shape index (κ1) is 12.3. The fourth-order valence-corrected chi connectivity index (χ4v) is 2.57. The summed E-state index contributed by atoms with van der Waals surface area (Å²) in [5, 5.41) is 12.4. The summed E-state index contributed by atoms with van der Waals surface area (Å²) in [5.74, 6) is -0.874. The first-order valence-corrected chi connectivity index (χ1v) is 6.92. The van der Waals surface area contributed by atoms with E-state index < -0.39 is 5.97 Å². The normalized spacial score (nSPS) is 16.6. The van der Waals surface area contributed by atoms with Crippen molar-refractivity contribution >= 4 is 23.4 Å². The summed E-state index contributed by atoms with van der Waals surface area (Å²) >= 11 is 1.87. The zero-order valence-electron chi connectivity index (χ0n) is 10.1. The van der Waals surface area contributed by atoms with Crippen molar-refractivity contribution < 1.29 is 9.90 Å². The van der Waals surface area contributed by atoms with E-state index in [1.165, 1.54) is 12.8 Å². The van der Waals surface area contributed by atoms with E-state index in [9.17, 15) is 4.79 Å². The zero-order valence-corrected chi connectivity index (χ0v) is 10.9. The number of hydrogen-bond donors (Lipinski definition) is 2. The molecule has 0 saturated heterocycles. The van der Waals surface area contributed by atoms with E-state index in [-0.39, 0.29) is 0 Å². The summed E-state index contributed by atoms with van der Waals surface area (Å²) in [7, 11) is 0. The maximum absolute atomic E-state index is 11.1. The summed E-state index contributed by atoms with van der Waals surface area (Å²) in [5.41, 5.74) is 2.16. The molecule has 1 fully saturated rings. The minimum absolute atomic E-state index is 0.333. The van der Waals surface area contributed by atoms with Crippen LogP contribution in [-0.4, -0.2) is 28.6 Å². The lowest BCUT2D eigenvalue weighted by molar-refractivity contribution is 0.0698. The van der Waals surface area contributed by atoms with Gasteiger partial charge in [0.1, 0.15) is 0 Å². The lowest BCUT2D eigenvalue weighted by Crippen LogP contribution is -2.19. The lowest BCUT2D eigenvalue weighted by atomic mass is 10.1. The molecule has 92 valence electrons. The van der Waals surface area contributed by atoms with E-state index in [1.807, 2.05) is 30.8 Å². The molecule has 2 rings (SSSR count). The van der Waals surface area contributed by atoms with Gasteiger partial charge in [-0.05, 0) is 43.7 Å². The topological polar surface area (TPSA) is 49.3 Å². The van der Waals surface area contributed by atoms with Gasteiger partial charge in [0, 0.05) is 17.0 Å². The first-order chi connectivity index (χ1) is 8.06. The van der Waals surface area contributed by atoms with Gasteiger partial charge in [-0.25, -0.2) is 4.79 Å². The zero-order chi connectivity index (χ0) is 12.5. The van der Waals surface area contributed by atoms with Crippen LogP contribution in [0.5, 0.6) is 0 Å². The highest BCUT2D eigenvalue weighted by Gasteiger charge is 2.41. The summed E-state index contributed by atoms with van der Waals surface area (Å²) in [4.78, 5) is 11.1. The number of aryl methyl sites for hydroxylation is 1. The van der Waals surface area contributed by atoms with Gasteiger partial charge in [0.25, 0.3) is 0 Å². The highest BCUT2D eigenvalue weighted by molar-refractivity contribution is 8.00. The quantitative estimate of drug-likeness (QED) is 0.844. The average Bonchev–Trinajstić information content (AvgIpc) is 3.07. The molecule has 0 aliphatic heterocycles. The van der Waals surface area contributed by atoms with Crippen molar-refractivity contribution in [2.24, 2.45) is 0 Å². The Bertz CT molecular complexity index is 441. The van der Waals surface area contributed by atoms with Gasteiger partial charge in [0.05, 0.1) is 5.56 Å². The predicted octanol–water partition coefficient (Wildman–Crippen LogP) is 3.00. The molecule has 0 spiro atoms. The molecule has 2 N–H and O–H groups in total. The summed E-state index contributed by atoms with van der Waals surface area (Å²) in [6, 6.07) is 5.40. The second kappa shape index (κ2) is 4.61. The number of rotatable bonds is 5. The highest BCUT2D eigenvalue weighted by Crippen LogP contribution is 2.47. The van der Waals surface area contributed by atoms with E-state index in [2.05, 4.69) is 11.6 Å². The Morgan fingerprint density at radius 3 is 2.76 bits per heavy atom. The maximum atomic E-state index is 11.1. The summed E-state index contributed by atoms with van der Waals surface area (Å²) < 4.78 is 0.333. The van der Waals surface area contributed by atoms with Crippen LogP contribution < -0.4 is 5.32 Å². The Morgan fingerprint density at radius 2 is 2.24 bits per heavy atom. The van der Waals surface area contributed by atoms with Crippen LogP contribution in [0.15, 0.2) is 18.2 Å². The van der Waals surface area contributed by atoms with Crippen molar-refractivity contribution in [3.05, 3.63) is 29.3 Å². The molecular formula is C13H17NO2S. The van der Waals surface area contributed by atoms with E-state index in [4.69, 9.17) is 5.11 Å². The van der Waals surface area contributed by atoms with Crippen LogP contribution in [0, 0.1) is 6.92 Å². The molecular weight excluding hydrogens is 234 g/mol. The van der Waals surface area contributed by atoms with Gasteiger partial charge in [-0.1, -0.05) is 6.07 Å². The number of aromatic carboxylic acids is 1. The van der Waals surface area contributed by atoms with E-state index >= 15 is 0 Å². The second-order valence-corrected chi connectivity index (χ2v) is 5.87. The van der Waals surface area contributed by atoms with Crippen molar-refractivity contribution in [3.63, 3.8) is 0 Å². The predicted molar refractivity (Wildman–Crippen MR) is 72.1 cm³/mol. The standard InChI is InChI=1S/C13H17NO2S/c1-9-3-4-10(12(15)16)11(7-9)14-8-13(17-2)5-6-13/h3-4,7,14H,5-6,8H2,1-2H3,(H,15,16). The summed E-state index contributed by atoms with van der Waals surface area (Å²) in [6.07, 6.45) is 4.55. The highest BCUT2D eigenvalue weighted by atomic mass is 32.2. The van der Waals surface area contributed by atoms with Crippen LogP contribution in [0.25, 0.3) is 0 Å². The largest absolute Gasteiger partial charge is 0.478 e. The van der Waals surface area contributed by atoms with E-state index in [1.54, 1.807) is 6.07 Å². The first-order valence-electron chi connectivity index (χ1n) is 5.69. The molecule has 0 amide bonds. The summed E-state index contributed by atoms with van der Waals surface area (Å²) in [6.45, 7) is 2.82. The van der Waals surface area contributed by atoms with Crippen LogP contribution in [0.2, 0.25) is 0 Å². The van der Waals surface area contributed by atoms with Crippen molar-refractivity contribution in [2.45, 2.75) is 24.5 Å². The SMILES string of the molecule is CSC1(CNc2cc(C)ccc2C(=O)O)CC1. The molecule has 0 radical (unpaired) electrons. The van der Waals surface area contributed by atoms with Crippen LogP contribution in [0.1, 0.15) is 28.8 Å². The molecule has 1 aromatic rings. The number of thioether (sulfide) groups is 1. The number of anilines is 1. The number of benzene rings is 1. The smallest absolute Gasteiger partial charge is 0.337 e. The average molecular weight is 251 g/mol. The molecule has 17 heavy (non-hydrogen) atoms. The molecule has 0 heterocycles. The molecule has 1 aliphatic rings. The molecule has 0 bridgehead atoms. The van der Waals surface area contributed by atoms with Crippen LogP contribution in [0.3, 0.4) is 0 Å². The minimum Gasteiger partial charge on any atom is -0.478 e. The fourth-order valence-electron chi connectivity index (χ4n) is 1.84. The number of nitrogens with one attached hydrogen (secondary N) is 1. The van der Waals surface area contributed by atoms with Crippen molar-refractivity contribution in [1.29, 1.82) is 0 Å². The lowest BCUT2D eigenvalue weighted by Gasteiger charge is -2.16. The maximum Gasteiger partial charge on any atom is 0.337 e. The van der Waals surface area contributed by atoms with Gasteiger partial charge in [0.2, 0.25) is 0 Å². The Balaban J connectivity index is 2.13. The molecule has 0 unspecified atom stereocenters. The van der Waals surface area contributed by atoms with E-state index in [0.29, 0.717) is 10.3 Å². The van der Waals surface area contributed by atoms with Gasteiger partial charge in [-0.2, -0.15) is 11.8 Å². The van der Waals surface area contributed by atoms with Crippen molar-refractivity contribution in [2.75, 3.05) is 18.1 Å². The molecule has 1 saturated carbocycles. The van der Waals surface area contributed by atoms with Gasteiger partial charge in [-0.3, -0.25) is 0 Å².